The summed E-state index contributed by atoms with van der Waals surface area (Å²) in [5.74, 6) is -1.01. The summed E-state index contributed by atoms with van der Waals surface area (Å²) in [6, 6.07) is 7.48. The average molecular weight is 360 g/mol. The van der Waals surface area contributed by atoms with Crippen LogP contribution in [-0.4, -0.2) is 34.9 Å². The van der Waals surface area contributed by atoms with Gasteiger partial charge in [0.05, 0.1) is 12.5 Å². The number of hydrogen-bond acceptors (Lipinski definition) is 5. The number of benzene rings is 1. The van der Waals surface area contributed by atoms with Crippen molar-refractivity contribution in [2.75, 3.05) is 18.4 Å². The van der Waals surface area contributed by atoms with E-state index >= 15 is 0 Å². The van der Waals surface area contributed by atoms with E-state index in [4.69, 9.17) is 5.73 Å². The third-order valence-corrected chi connectivity index (χ3v) is 4.57. The quantitative estimate of drug-likeness (QED) is 0.753. The summed E-state index contributed by atoms with van der Waals surface area (Å²) < 4.78 is 29.1. The largest absolute Gasteiger partial charge is 0.365 e. The molecule has 0 spiro atoms. The molecule has 4 N–H and O–H groups in total. The molecule has 1 aliphatic heterocycles. The second kappa shape index (κ2) is 7.09. The maximum absolute atomic E-state index is 14.7. The average Bonchev–Trinajstić information content (AvgIpc) is 3.04. The maximum Gasteiger partial charge on any atom is 0.254 e. The molecule has 2 aromatic rings. The number of carbonyl (C=O) groups excluding carboxylic acids is 1. The van der Waals surface area contributed by atoms with Gasteiger partial charge in [0.2, 0.25) is 0 Å². The van der Waals surface area contributed by atoms with Crippen molar-refractivity contribution >= 4 is 17.4 Å². The minimum atomic E-state index is -1.35. The van der Waals surface area contributed by atoms with Crippen molar-refractivity contribution < 1.29 is 13.6 Å². The van der Waals surface area contributed by atoms with Crippen LogP contribution in [0.15, 0.2) is 30.5 Å². The lowest BCUT2D eigenvalue weighted by Crippen LogP contribution is -2.53. The van der Waals surface area contributed by atoms with Crippen LogP contribution in [0.5, 0.6) is 0 Å². The Labute approximate surface area is 148 Å². The Morgan fingerprint density at radius 3 is 2.85 bits per heavy atom. The molecule has 0 aliphatic carbocycles. The second-order valence-corrected chi connectivity index (χ2v) is 6.19. The lowest BCUT2D eigenvalue weighted by atomic mass is 9.84. The van der Waals surface area contributed by atoms with Crippen LogP contribution in [0.2, 0.25) is 0 Å². The number of piperidine rings is 1. The van der Waals surface area contributed by atoms with E-state index in [1.807, 2.05) is 6.07 Å². The highest BCUT2D eigenvalue weighted by Crippen LogP contribution is 2.35. The van der Waals surface area contributed by atoms with Gasteiger partial charge in [-0.15, -0.1) is 0 Å². The topological polar surface area (TPSA) is 109 Å². The minimum absolute atomic E-state index is 0.0670. The number of nitrogens with zero attached hydrogens (tertiary/aromatic N) is 3. The summed E-state index contributed by atoms with van der Waals surface area (Å²) in [5.41, 5.74) is 4.81. The molecule has 1 aromatic heterocycles. The molecule has 0 bridgehead atoms. The molecule has 2 atom stereocenters. The Hall–Kier alpha value is -2.99. The van der Waals surface area contributed by atoms with Gasteiger partial charge in [0.15, 0.2) is 5.82 Å². The maximum atomic E-state index is 14.7. The monoisotopic (exact) mass is 360 g/mol. The molecule has 1 saturated heterocycles. The van der Waals surface area contributed by atoms with Crippen LogP contribution in [0.25, 0.3) is 0 Å². The fourth-order valence-corrected chi connectivity index (χ4v) is 3.10. The van der Waals surface area contributed by atoms with Crippen molar-refractivity contribution in [3.8, 4) is 6.07 Å². The number of rotatable bonds is 5. The first-order chi connectivity index (χ1) is 12.5. The zero-order valence-electron chi connectivity index (χ0n) is 13.9. The van der Waals surface area contributed by atoms with Crippen LogP contribution in [0, 0.1) is 17.1 Å². The number of amides is 1. The van der Waals surface area contributed by atoms with Gasteiger partial charge >= 0.3 is 0 Å². The Morgan fingerprint density at radius 2 is 2.23 bits per heavy atom. The molecule has 1 aromatic carbocycles. The molecule has 1 fully saturated rings. The van der Waals surface area contributed by atoms with Gasteiger partial charge in [-0.05, 0) is 37.2 Å². The Bertz CT molecular complexity index is 844. The van der Waals surface area contributed by atoms with E-state index < -0.39 is 23.4 Å². The van der Waals surface area contributed by atoms with E-state index in [0.717, 1.165) is 0 Å². The molecular formula is C17H18F2N6O. The number of carbonyl (C=O) groups is 1. The molecule has 2 heterocycles. The van der Waals surface area contributed by atoms with Gasteiger partial charge in [-0.25, -0.2) is 8.78 Å². The number of hydrogen-bond donors (Lipinski definition) is 3. The van der Waals surface area contributed by atoms with Crippen molar-refractivity contribution in [2.24, 2.45) is 5.73 Å². The van der Waals surface area contributed by atoms with Crippen molar-refractivity contribution in [1.82, 2.24) is 15.1 Å². The van der Waals surface area contributed by atoms with Crippen LogP contribution in [0.3, 0.4) is 0 Å². The number of primary amides is 1. The summed E-state index contributed by atoms with van der Waals surface area (Å²) in [4.78, 5) is 11.8. The summed E-state index contributed by atoms with van der Waals surface area (Å²) in [6.45, 7) is 0.614. The normalized spacial score (nSPS) is 22.6. The van der Waals surface area contributed by atoms with Crippen LogP contribution in [0.4, 0.5) is 20.3 Å². The van der Waals surface area contributed by atoms with E-state index in [0.29, 0.717) is 18.7 Å². The predicted octanol–water partition coefficient (Wildman–Crippen LogP) is 1.81. The molecule has 0 unspecified atom stereocenters. The molecule has 136 valence electrons. The number of nitrogens with one attached hydrogen (secondary N) is 2. The highest BCUT2D eigenvalue weighted by molar-refractivity contribution is 5.98. The van der Waals surface area contributed by atoms with Crippen LogP contribution in [-0.2, 0) is 5.54 Å². The van der Waals surface area contributed by atoms with E-state index in [9.17, 15) is 18.8 Å². The SMILES string of the molecule is N#CC[C@]1(n2cc(C(N)=O)c(Nc3ccc(F)cc3)n2)CCNC[C@H]1F. The number of halogens is 2. The molecule has 7 nitrogen and oxygen atoms in total. The van der Waals surface area contributed by atoms with Crippen LogP contribution in [0.1, 0.15) is 23.2 Å². The number of aromatic nitrogens is 2. The number of nitriles is 1. The van der Waals surface area contributed by atoms with Crippen LogP contribution < -0.4 is 16.4 Å². The number of nitrogens with two attached hydrogens (primary N) is 1. The standard InChI is InChI=1S/C17H18F2N6O/c18-11-1-3-12(4-2-11)23-16-13(15(21)26)10-25(24-16)17(5-7-20)6-8-22-9-14(17)19/h1-4,10,14,22H,5-6,8-9H2,(H2,21,26)(H,23,24)/t14-,17+/m1/s1. The Morgan fingerprint density at radius 1 is 1.50 bits per heavy atom. The van der Waals surface area contributed by atoms with Gasteiger partial charge in [-0.2, -0.15) is 10.4 Å². The van der Waals surface area contributed by atoms with Crippen molar-refractivity contribution in [2.45, 2.75) is 24.6 Å². The van der Waals surface area contributed by atoms with Gasteiger partial charge in [0, 0.05) is 18.4 Å². The highest BCUT2D eigenvalue weighted by atomic mass is 19.1. The first-order valence-electron chi connectivity index (χ1n) is 8.10. The smallest absolute Gasteiger partial charge is 0.254 e. The molecule has 26 heavy (non-hydrogen) atoms. The molecule has 9 heteroatoms. The Kier molecular flexibility index (Phi) is 4.86. The third-order valence-electron chi connectivity index (χ3n) is 4.57. The van der Waals surface area contributed by atoms with Gasteiger partial charge in [0.1, 0.15) is 23.1 Å². The van der Waals surface area contributed by atoms with Crippen molar-refractivity contribution in [1.29, 1.82) is 5.26 Å². The van der Waals surface area contributed by atoms with Gasteiger partial charge in [-0.1, -0.05) is 0 Å². The summed E-state index contributed by atoms with van der Waals surface area (Å²) >= 11 is 0. The fourth-order valence-electron chi connectivity index (χ4n) is 3.10. The Balaban J connectivity index is 2.01. The summed E-state index contributed by atoms with van der Waals surface area (Å²) in [6.07, 6.45) is 0.266. The zero-order chi connectivity index (χ0) is 18.7. The zero-order valence-corrected chi connectivity index (χ0v) is 13.9. The van der Waals surface area contributed by atoms with Gasteiger partial charge < -0.3 is 16.4 Å². The third kappa shape index (κ3) is 3.23. The van der Waals surface area contributed by atoms with Gasteiger partial charge in [-0.3, -0.25) is 9.48 Å². The minimum Gasteiger partial charge on any atom is -0.365 e. The highest BCUT2D eigenvalue weighted by Gasteiger charge is 2.44. The lowest BCUT2D eigenvalue weighted by molar-refractivity contribution is 0.0684. The number of alkyl halides is 1. The molecule has 1 aliphatic rings. The summed E-state index contributed by atoms with van der Waals surface area (Å²) in [7, 11) is 0. The molecule has 3 rings (SSSR count). The van der Waals surface area contributed by atoms with Crippen molar-refractivity contribution in [3.05, 3.63) is 41.8 Å². The first-order valence-corrected chi connectivity index (χ1v) is 8.10. The van der Waals surface area contributed by atoms with Crippen molar-refractivity contribution in [3.63, 3.8) is 0 Å². The molecule has 0 radical (unpaired) electrons. The van der Waals surface area contributed by atoms with E-state index in [1.54, 1.807) is 0 Å². The van der Waals surface area contributed by atoms with E-state index in [2.05, 4.69) is 15.7 Å². The second-order valence-electron chi connectivity index (χ2n) is 6.19. The summed E-state index contributed by atoms with van der Waals surface area (Å²) in [5, 5.41) is 19.3. The number of anilines is 2. The van der Waals surface area contributed by atoms with Crippen LogP contribution >= 0.6 is 0 Å². The van der Waals surface area contributed by atoms with E-state index in [-0.39, 0.29) is 24.3 Å². The lowest BCUT2D eigenvalue weighted by Gasteiger charge is -2.39. The van der Waals surface area contributed by atoms with E-state index in [1.165, 1.54) is 35.1 Å². The molecule has 1 amide bonds. The predicted molar refractivity (Wildman–Crippen MR) is 91.0 cm³/mol. The fraction of sp³-hybridized carbons (Fsp3) is 0.353. The molecular weight excluding hydrogens is 342 g/mol. The van der Waals surface area contributed by atoms with Gasteiger partial charge in [0.25, 0.3) is 5.91 Å². The first kappa shape index (κ1) is 17.8. The molecule has 0 saturated carbocycles.